The van der Waals surface area contributed by atoms with E-state index in [4.69, 9.17) is 9.97 Å². The number of aryl methyl sites for hydroxylation is 2. The van der Waals surface area contributed by atoms with E-state index in [9.17, 15) is 0 Å². The molecule has 2 aromatic heterocycles. The molecule has 0 spiro atoms. The van der Waals surface area contributed by atoms with Crippen LogP contribution in [0.2, 0.25) is 0 Å². The van der Waals surface area contributed by atoms with E-state index >= 15 is 0 Å². The summed E-state index contributed by atoms with van der Waals surface area (Å²) in [5.41, 5.74) is 13.5. The first-order chi connectivity index (χ1) is 22.6. The normalized spacial score (nSPS) is 10.4. The van der Waals surface area contributed by atoms with Crippen LogP contribution < -0.4 is 0 Å². The van der Waals surface area contributed by atoms with Gasteiger partial charge in [-0.15, -0.1) is 35.4 Å². The maximum atomic E-state index is 4.88. The van der Waals surface area contributed by atoms with Crippen molar-refractivity contribution in [2.75, 3.05) is 0 Å². The van der Waals surface area contributed by atoms with Crippen LogP contribution in [0.25, 0.3) is 66.6 Å². The fraction of sp³-hybridized carbons (Fsp3) is 0.0667. The number of para-hydroxylation sites is 2. The van der Waals surface area contributed by atoms with Crippen LogP contribution in [0.15, 0.2) is 164 Å². The Bertz CT molecular complexity index is 2110. The Hall–Kier alpha value is -5.21. The number of benzene rings is 6. The summed E-state index contributed by atoms with van der Waals surface area (Å²) in [7, 11) is 0. The van der Waals surface area contributed by atoms with E-state index < -0.39 is 0 Å². The summed E-state index contributed by atoms with van der Waals surface area (Å²) in [5, 5.41) is 2.36. The first-order valence-corrected chi connectivity index (χ1v) is 15.6. The van der Waals surface area contributed by atoms with E-state index in [1.165, 1.54) is 44.2 Å². The molecule has 6 aromatic carbocycles. The van der Waals surface area contributed by atoms with Crippen LogP contribution in [0.5, 0.6) is 0 Å². The summed E-state index contributed by atoms with van der Waals surface area (Å²) >= 11 is 0. The van der Waals surface area contributed by atoms with Crippen LogP contribution >= 0.6 is 0 Å². The first kappa shape index (κ1) is 34.1. The number of hydrogen-bond donors (Lipinski definition) is 0. The van der Waals surface area contributed by atoms with Crippen LogP contribution in [-0.2, 0) is 20.1 Å². The van der Waals surface area contributed by atoms with Crippen LogP contribution in [0.4, 0.5) is 0 Å². The number of rotatable bonds is 4. The average molecular weight is 798 g/mol. The van der Waals surface area contributed by atoms with Gasteiger partial charge in [-0.3, -0.25) is 4.98 Å². The molecule has 8 rings (SSSR count). The molecule has 1 radical (unpaired) electrons. The SMILES string of the molecule is C.Cc1cc2ccccc2nc1-c1[c-]ccc(-c2ccccc2)c1.Cc1cc2ccccc2nc1-c1cccc(-c2ccccc2)c1.[Ir]. The fourth-order valence-electron chi connectivity index (χ4n) is 5.90. The van der Waals surface area contributed by atoms with E-state index in [1.807, 2.05) is 36.4 Å². The molecule has 3 heteroatoms. The van der Waals surface area contributed by atoms with Gasteiger partial charge < -0.3 is 0 Å². The minimum absolute atomic E-state index is 0. The minimum Gasteiger partial charge on any atom is -0.296 e. The Morgan fingerprint density at radius 3 is 1.48 bits per heavy atom. The summed E-state index contributed by atoms with van der Waals surface area (Å²) < 4.78 is 0. The molecule has 0 saturated heterocycles. The van der Waals surface area contributed by atoms with E-state index in [-0.39, 0.29) is 27.5 Å². The van der Waals surface area contributed by atoms with Gasteiger partial charge in [-0.1, -0.05) is 134 Å². The molecule has 0 amide bonds. The van der Waals surface area contributed by atoms with Crippen LogP contribution in [0.3, 0.4) is 0 Å². The van der Waals surface area contributed by atoms with Gasteiger partial charge in [0.2, 0.25) is 0 Å². The Balaban J connectivity index is 0.000000180. The predicted molar refractivity (Wildman–Crippen MR) is 200 cm³/mol. The zero-order chi connectivity index (χ0) is 31.3. The molecule has 8 aromatic rings. The Kier molecular flexibility index (Phi) is 11.1. The van der Waals surface area contributed by atoms with Gasteiger partial charge in [0.05, 0.1) is 16.7 Å². The second-order valence-electron chi connectivity index (χ2n) is 11.5. The molecular formula is C45H37IrN2-. The van der Waals surface area contributed by atoms with Gasteiger partial charge in [-0.05, 0) is 71.4 Å². The molecule has 0 aliphatic carbocycles. The third kappa shape index (κ3) is 7.50. The fourth-order valence-corrected chi connectivity index (χ4v) is 5.90. The standard InChI is InChI=1S/C22H17N.C22H16N.CH4.Ir/c2*1-16-14-19-10-5-6-13-21(19)23-22(16)20-12-7-11-18(15-20)17-8-3-2-4-9-17;;/h2-15H,1H3;2-11,13-15H,1H3;1H4;/q;-1;;. The van der Waals surface area contributed by atoms with E-state index in [2.05, 4.69) is 147 Å². The number of pyridine rings is 2. The van der Waals surface area contributed by atoms with Crippen molar-refractivity contribution in [3.8, 4) is 44.8 Å². The first-order valence-electron chi connectivity index (χ1n) is 15.6. The summed E-state index contributed by atoms with van der Waals surface area (Å²) in [6, 6.07) is 60.0. The van der Waals surface area contributed by atoms with Gasteiger partial charge in [-0.2, -0.15) is 0 Å². The Labute approximate surface area is 297 Å². The number of nitrogens with zero attached hydrogens (tertiary/aromatic N) is 2. The summed E-state index contributed by atoms with van der Waals surface area (Å²) in [6.45, 7) is 4.24. The van der Waals surface area contributed by atoms with Crippen molar-refractivity contribution in [2.45, 2.75) is 21.3 Å². The second-order valence-corrected chi connectivity index (χ2v) is 11.5. The summed E-state index contributed by atoms with van der Waals surface area (Å²) in [5.74, 6) is 0. The molecule has 48 heavy (non-hydrogen) atoms. The Morgan fingerprint density at radius 2 is 0.875 bits per heavy atom. The third-order valence-corrected chi connectivity index (χ3v) is 8.24. The molecule has 2 heterocycles. The largest absolute Gasteiger partial charge is 0.296 e. The van der Waals surface area contributed by atoms with Gasteiger partial charge in [0.25, 0.3) is 0 Å². The molecular weight excluding hydrogens is 761 g/mol. The van der Waals surface area contributed by atoms with Gasteiger partial charge >= 0.3 is 0 Å². The molecule has 0 aliphatic rings. The maximum Gasteiger partial charge on any atom is 0.0739 e. The molecule has 0 N–H and O–H groups in total. The zero-order valence-electron chi connectivity index (χ0n) is 26.3. The monoisotopic (exact) mass is 798 g/mol. The molecule has 2 nitrogen and oxygen atoms in total. The van der Waals surface area contributed by atoms with Crippen molar-refractivity contribution < 1.29 is 20.1 Å². The van der Waals surface area contributed by atoms with Crippen molar-refractivity contribution in [2.24, 2.45) is 0 Å². The minimum atomic E-state index is 0. The second kappa shape index (κ2) is 15.6. The molecule has 0 fully saturated rings. The number of hydrogen-bond acceptors (Lipinski definition) is 2. The molecule has 237 valence electrons. The molecule has 0 unspecified atom stereocenters. The van der Waals surface area contributed by atoms with Crippen LogP contribution in [0, 0.1) is 19.9 Å². The van der Waals surface area contributed by atoms with Crippen molar-refractivity contribution in [3.63, 3.8) is 0 Å². The molecule has 0 bridgehead atoms. The van der Waals surface area contributed by atoms with E-state index in [1.54, 1.807) is 0 Å². The zero-order valence-corrected chi connectivity index (χ0v) is 28.7. The Morgan fingerprint density at radius 1 is 0.417 bits per heavy atom. The summed E-state index contributed by atoms with van der Waals surface area (Å²) in [4.78, 5) is 9.73. The van der Waals surface area contributed by atoms with Crippen molar-refractivity contribution in [1.29, 1.82) is 0 Å². The van der Waals surface area contributed by atoms with Gasteiger partial charge in [0, 0.05) is 31.1 Å². The topological polar surface area (TPSA) is 25.8 Å². The average Bonchev–Trinajstić information content (AvgIpc) is 3.12. The van der Waals surface area contributed by atoms with Crippen molar-refractivity contribution >= 4 is 21.8 Å². The summed E-state index contributed by atoms with van der Waals surface area (Å²) in [6.07, 6.45) is 0. The van der Waals surface area contributed by atoms with E-state index in [0.717, 1.165) is 33.5 Å². The van der Waals surface area contributed by atoms with Crippen LogP contribution in [0.1, 0.15) is 18.6 Å². The quantitative estimate of drug-likeness (QED) is 0.166. The van der Waals surface area contributed by atoms with E-state index in [0.29, 0.717) is 0 Å². The number of fused-ring (bicyclic) bond motifs is 2. The predicted octanol–water partition coefficient (Wildman–Crippen LogP) is 12.2. The molecule has 0 atom stereocenters. The molecule has 0 aliphatic heterocycles. The van der Waals surface area contributed by atoms with Crippen LogP contribution in [-0.4, -0.2) is 9.97 Å². The van der Waals surface area contributed by atoms with Gasteiger partial charge in [0.15, 0.2) is 0 Å². The third-order valence-electron chi connectivity index (χ3n) is 8.24. The smallest absolute Gasteiger partial charge is 0.0739 e. The van der Waals surface area contributed by atoms with Crippen molar-refractivity contribution in [3.05, 3.63) is 181 Å². The molecule has 0 saturated carbocycles. The van der Waals surface area contributed by atoms with Gasteiger partial charge in [0.1, 0.15) is 0 Å². The maximum absolute atomic E-state index is 4.88. The number of aromatic nitrogens is 2. The van der Waals surface area contributed by atoms with Crippen molar-refractivity contribution in [1.82, 2.24) is 9.97 Å². The van der Waals surface area contributed by atoms with Gasteiger partial charge in [-0.25, -0.2) is 4.98 Å².